The van der Waals surface area contributed by atoms with Crippen LogP contribution in [0.4, 0.5) is 22.7 Å². The molecule has 2 aromatic carbocycles. The number of amides is 1. The number of rotatable bonds is 11. The Kier molecular flexibility index (Phi) is 10.3. The van der Waals surface area contributed by atoms with E-state index in [-0.39, 0.29) is 35.3 Å². The van der Waals surface area contributed by atoms with Crippen LogP contribution in [0, 0.1) is 26.1 Å². The lowest BCUT2D eigenvalue weighted by Crippen LogP contribution is -2.46. The van der Waals surface area contributed by atoms with Gasteiger partial charge in [-0.15, -0.1) is 0 Å². The largest absolute Gasteiger partial charge is 0.371 e. The van der Waals surface area contributed by atoms with E-state index < -0.39 is 31.5 Å². The summed E-state index contributed by atoms with van der Waals surface area (Å²) in [5.41, 5.74) is 3.43. The van der Waals surface area contributed by atoms with E-state index in [0.29, 0.717) is 31.5 Å². The zero-order chi connectivity index (χ0) is 31.1. The van der Waals surface area contributed by atoms with Crippen molar-refractivity contribution >= 4 is 44.9 Å². The molecule has 0 bridgehead atoms. The van der Waals surface area contributed by atoms with Crippen LogP contribution in [0.2, 0.25) is 0 Å². The number of nitro benzene ring substituents is 2. The molecule has 0 aliphatic carbocycles. The van der Waals surface area contributed by atoms with Crippen LogP contribution in [0.3, 0.4) is 0 Å². The number of nitro groups is 2. The van der Waals surface area contributed by atoms with Crippen molar-refractivity contribution < 1.29 is 23.1 Å². The molecule has 0 saturated carbocycles. The first-order valence-electron chi connectivity index (χ1n) is 14.5. The fraction of sp³-hybridized carbons (Fsp3) is 0.500. The van der Waals surface area contributed by atoms with E-state index in [9.17, 15) is 33.4 Å². The van der Waals surface area contributed by atoms with Gasteiger partial charge in [-0.25, -0.2) is 8.42 Å². The fourth-order valence-electron chi connectivity index (χ4n) is 5.58. The maximum absolute atomic E-state index is 13.9. The molecule has 2 saturated heterocycles. The molecular formula is C28H37N7O7S. The predicted molar refractivity (Wildman–Crippen MR) is 163 cm³/mol. The maximum atomic E-state index is 13.9. The normalized spacial score (nSPS) is 18.0. The summed E-state index contributed by atoms with van der Waals surface area (Å²) in [4.78, 5) is 38.3. The molecule has 0 aromatic heterocycles. The van der Waals surface area contributed by atoms with Gasteiger partial charge in [-0.1, -0.05) is 0 Å². The van der Waals surface area contributed by atoms with Crippen LogP contribution < -0.4 is 10.3 Å². The third-order valence-corrected chi connectivity index (χ3v) is 9.81. The third kappa shape index (κ3) is 7.28. The molecule has 0 spiro atoms. The summed E-state index contributed by atoms with van der Waals surface area (Å²) in [5, 5.41) is 27.2. The molecule has 2 aliphatic heterocycles. The number of benzene rings is 2. The highest BCUT2D eigenvalue weighted by Crippen LogP contribution is 2.32. The first kappa shape index (κ1) is 31.8. The van der Waals surface area contributed by atoms with Crippen molar-refractivity contribution in [3.8, 4) is 0 Å². The van der Waals surface area contributed by atoms with Gasteiger partial charge < -0.3 is 9.80 Å². The van der Waals surface area contributed by atoms with Crippen LogP contribution in [0.25, 0.3) is 0 Å². The lowest BCUT2D eigenvalue weighted by Gasteiger charge is -2.34. The number of hydrogen-bond donors (Lipinski definition) is 1. The average molecular weight is 616 g/mol. The number of piperidine rings is 2. The summed E-state index contributed by atoms with van der Waals surface area (Å²) in [6.45, 7) is 6.49. The van der Waals surface area contributed by atoms with E-state index >= 15 is 0 Å². The standard InChI is InChI=1S/C28H37N7O7S/c1-3-31(4-2)28(36)21-9-8-16-33(20-21)43(41,42)27-18-24(35(39)40)10-12-25(27)30-29-19-22-17-23(34(37)38)11-13-26(22)32-14-6-5-7-15-32/h10-13,17-19,21,30H,3-9,14-16,20H2,1-2H3/b29-19-/t21-/m1/s1. The number of non-ortho nitro benzene ring substituents is 2. The molecule has 1 atom stereocenters. The van der Waals surface area contributed by atoms with E-state index in [1.165, 1.54) is 34.8 Å². The van der Waals surface area contributed by atoms with Crippen LogP contribution in [0.1, 0.15) is 51.5 Å². The van der Waals surface area contributed by atoms with Crippen LogP contribution in [0.15, 0.2) is 46.4 Å². The molecule has 14 nitrogen and oxygen atoms in total. The Labute approximate surface area is 250 Å². The number of carbonyl (C=O) groups excluding carboxylic acids is 1. The summed E-state index contributed by atoms with van der Waals surface area (Å²) in [7, 11) is -4.27. The molecule has 0 unspecified atom stereocenters. The topological polar surface area (TPSA) is 172 Å². The zero-order valence-electron chi connectivity index (χ0n) is 24.3. The van der Waals surface area contributed by atoms with Gasteiger partial charge in [0, 0.05) is 74.8 Å². The number of nitrogens with zero attached hydrogens (tertiary/aromatic N) is 6. The molecule has 15 heteroatoms. The summed E-state index contributed by atoms with van der Waals surface area (Å²) in [6.07, 6.45) is 5.50. The Morgan fingerprint density at radius 2 is 1.65 bits per heavy atom. The Morgan fingerprint density at radius 1 is 1.00 bits per heavy atom. The van der Waals surface area contributed by atoms with Crippen LogP contribution in [-0.2, 0) is 14.8 Å². The minimum Gasteiger partial charge on any atom is -0.371 e. The number of carbonyl (C=O) groups is 1. The zero-order valence-corrected chi connectivity index (χ0v) is 25.2. The molecule has 2 aromatic rings. The molecule has 2 heterocycles. The Bertz CT molecular complexity index is 1490. The van der Waals surface area contributed by atoms with Crippen molar-refractivity contribution in [2.24, 2.45) is 11.0 Å². The van der Waals surface area contributed by atoms with Gasteiger partial charge in [-0.3, -0.25) is 30.4 Å². The smallest absolute Gasteiger partial charge is 0.270 e. The molecule has 1 N–H and O–H groups in total. The molecule has 43 heavy (non-hydrogen) atoms. The second kappa shape index (κ2) is 13.9. The predicted octanol–water partition coefficient (Wildman–Crippen LogP) is 4.21. The lowest BCUT2D eigenvalue weighted by molar-refractivity contribution is -0.385. The molecule has 0 radical (unpaired) electrons. The van der Waals surface area contributed by atoms with Crippen LogP contribution in [-0.4, -0.2) is 78.9 Å². The van der Waals surface area contributed by atoms with Gasteiger partial charge in [0.15, 0.2) is 0 Å². The molecular weight excluding hydrogens is 578 g/mol. The lowest BCUT2D eigenvalue weighted by atomic mass is 9.98. The summed E-state index contributed by atoms with van der Waals surface area (Å²) >= 11 is 0. The molecule has 2 aliphatic rings. The van der Waals surface area contributed by atoms with E-state index in [1.807, 2.05) is 13.8 Å². The minimum absolute atomic E-state index is 0.00370. The van der Waals surface area contributed by atoms with E-state index in [0.717, 1.165) is 44.1 Å². The highest BCUT2D eigenvalue weighted by atomic mass is 32.2. The summed E-state index contributed by atoms with van der Waals surface area (Å²) < 4.78 is 29.0. The third-order valence-electron chi connectivity index (χ3n) is 7.91. The Morgan fingerprint density at radius 3 is 2.30 bits per heavy atom. The second-order valence-corrected chi connectivity index (χ2v) is 12.5. The van der Waals surface area contributed by atoms with Gasteiger partial charge >= 0.3 is 0 Å². The summed E-state index contributed by atoms with van der Waals surface area (Å²) in [5.74, 6) is -0.632. The maximum Gasteiger partial charge on any atom is 0.270 e. The van der Waals surface area contributed by atoms with E-state index in [4.69, 9.17) is 0 Å². The first-order valence-corrected chi connectivity index (χ1v) is 15.9. The van der Waals surface area contributed by atoms with Crippen molar-refractivity contribution in [3.05, 3.63) is 62.2 Å². The van der Waals surface area contributed by atoms with Gasteiger partial charge in [0.1, 0.15) is 4.90 Å². The van der Waals surface area contributed by atoms with E-state index in [1.54, 1.807) is 11.0 Å². The molecule has 232 valence electrons. The summed E-state index contributed by atoms with van der Waals surface area (Å²) in [6, 6.07) is 7.94. The van der Waals surface area contributed by atoms with Crippen molar-refractivity contribution in [3.63, 3.8) is 0 Å². The SMILES string of the molecule is CCN(CC)C(=O)[C@@H]1CCCN(S(=O)(=O)c2cc([N+](=O)[O-])ccc2N/N=C\c2cc([N+](=O)[O-])ccc2N2CCCCC2)C1. The number of nitrogens with one attached hydrogen (secondary N) is 1. The van der Waals surface area contributed by atoms with Gasteiger partial charge in [-0.05, 0) is 58.1 Å². The van der Waals surface area contributed by atoms with Crippen LogP contribution in [0.5, 0.6) is 0 Å². The molecule has 4 rings (SSSR count). The van der Waals surface area contributed by atoms with Gasteiger partial charge in [0.2, 0.25) is 15.9 Å². The second-order valence-electron chi connectivity index (χ2n) is 10.6. The van der Waals surface area contributed by atoms with Crippen molar-refractivity contribution in [2.45, 2.75) is 50.8 Å². The monoisotopic (exact) mass is 615 g/mol. The average Bonchev–Trinajstić information content (AvgIpc) is 3.02. The highest BCUT2D eigenvalue weighted by molar-refractivity contribution is 7.89. The number of hydrogen-bond acceptors (Lipinski definition) is 10. The first-order chi connectivity index (χ1) is 20.6. The van der Waals surface area contributed by atoms with Crippen molar-refractivity contribution in [2.75, 3.05) is 49.6 Å². The quantitative estimate of drug-likeness (QED) is 0.221. The van der Waals surface area contributed by atoms with Gasteiger partial charge in [0.25, 0.3) is 11.4 Å². The number of sulfonamides is 1. The van der Waals surface area contributed by atoms with Crippen LogP contribution >= 0.6 is 0 Å². The molecule has 2 fully saturated rings. The fourth-order valence-corrected chi connectivity index (χ4v) is 7.26. The number of anilines is 2. The highest BCUT2D eigenvalue weighted by Gasteiger charge is 2.36. The Hall–Kier alpha value is -4.11. The van der Waals surface area contributed by atoms with Crippen molar-refractivity contribution in [1.82, 2.24) is 9.21 Å². The minimum atomic E-state index is -4.27. The van der Waals surface area contributed by atoms with Gasteiger partial charge in [0.05, 0.1) is 27.7 Å². The van der Waals surface area contributed by atoms with Crippen molar-refractivity contribution in [1.29, 1.82) is 0 Å². The Balaban J connectivity index is 1.65. The van der Waals surface area contributed by atoms with E-state index in [2.05, 4.69) is 15.4 Å². The molecule has 1 amide bonds. The number of hydrazone groups is 1. The van der Waals surface area contributed by atoms with Gasteiger partial charge in [-0.2, -0.15) is 9.41 Å².